The van der Waals surface area contributed by atoms with Crippen molar-refractivity contribution in [3.63, 3.8) is 0 Å². The molecule has 1 fully saturated rings. The molecule has 3 aromatic carbocycles. The highest BCUT2D eigenvalue weighted by atomic mass is 32.1. The molecule has 178 valence electrons. The fraction of sp³-hybridized carbons (Fsp3) is 0.276. The lowest BCUT2D eigenvalue weighted by Gasteiger charge is -2.46. The monoisotopic (exact) mass is 486 g/mol. The summed E-state index contributed by atoms with van der Waals surface area (Å²) in [4.78, 5) is 12.4. The normalized spacial score (nSPS) is 21.0. The van der Waals surface area contributed by atoms with E-state index in [0.717, 1.165) is 57.2 Å². The van der Waals surface area contributed by atoms with Gasteiger partial charge in [-0.05, 0) is 74.1 Å². The molecule has 0 N–H and O–H groups in total. The van der Waals surface area contributed by atoms with Crippen LogP contribution in [0, 0.1) is 0 Å². The van der Waals surface area contributed by atoms with E-state index in [4.69, 9.17) is 18.9 Å². The van der Waals surface area contributed by atoms with E-state index in [1.54, 1.807) is 25.6 Å². The first-order chi connectivity index (χ1) is 17.1. The summed E-state index contributed by atoms with van der Waals surface area (Å²) in [5.41, 5.74) is 5.74. The first-order valence-corrected chi connectivity index (χ1v) is 12.6. The van der Waals surface area contributed by atoms with Crippen molar-refractivity contribution in [2.75, 3.05) is 14.2 Å². The number of benzene rings is 3. The molecule has 0 atom stereocenters. The number of carbonyl (C=O) groups excluding carboxylic acids is 1. The molecule has 2 heterocycles. The zero-order valence-electron chi connectivity index (χ0n) is 19.7. The van der Waals surface area contributed by atoms with Gasteiger partial charge in [-0.3, -0.25) is 0 Å². The number of hydrogen-bond acceptors (Lipinski definition) is 6. The van der Waals surface area contributed by atoms with Crippen LogP contribution in [0.15, 0.2) is 65.4 Å². The van der Waals surface area contributed by atoms with Crippen molar-refractivity contribution >= 4 is 28.1 Å². The van der Waals surface area contributed by atoms with Gasteiger partial charge in [-0.1, -0.05) is 24.3 Å². The van der Waals surface area contributed by atoms with Crippen LogP contribution in [0.1, 0.15) is 39.9 Å². The molecule has 0 spiro atoms. The summed E-state index contributed by atoms with van der Waals surface area (Å²) in [5.74, 6) is 0.496. The third-order valence-corrected chi connectivity index (χ3v) is 7.98. The Balaban J connectivity index is 1.28. The van der Waals surface area contributed by atoms with Crippen molar-refractivity contribution in [2.24, 2.45) is 0 Å². The SMILES string of the molecule is CO[C@H]1C[C@](OC)(c2cccc(COc3ccc4c(-c5ccsc5)c5c(cc4c3)C(=O)OC5)c2)C1. The van der Waals surface area contributed by atoms with Crippen molar-refractivity contribution in [2.45, 2.75) is 37.8 Å². The number of esters is 1. The molecule has 0 bridgehead atoms. The van der Waals surface area contributed by atoms with Crippen LogP contribution in [0.5, 0.6) is 5.75 Å². The van der Waals surface area contributed by atoms with Crippen molar-refractivity contribution in [3.05, 3.63) is 87.6 Å². The number of cyclic esters (lactones) is 1. The molecule has 0 radical (unpaired) electrons. The van der Waals surface area contributed by atoms with Crippen molar-refractivity contribution < 1.29 is 23.7 Å². The quantitative estimate of drug-likeness (QED) is 0.280. The minimum Gasteiger partial charge on any atom is -0.489 e. The average molecular weight is 487 g/mol. The van der Waals surface area contributed by atoms with Crippen LogP contribution in [0.4, 0.5) is 0 Å². The van der Waals surface area contributed by atoms with E-state index < -0.39 is 0 Å². The molecule has 2 aliphatic rings. The molecule has 0 unspecified atom stereocenters. The van der Waals surface area contributed by atoms with Crippen LogP contribution in [0.2, 0.25) is 0 Å². The van der Waals surface area contributed by atoms with E-state index in [-0.39, 0.29) is 17.7 Å². The summed E-state index contributed by atoms with van der Waals surface area (Å²) in [7, 11) is 3.51. The predicted octanol–water partition coefficient (Wildman–Crippen LogP) is 6.47. The number of carbonyl (C=O) groups is 1. The predicted molar refractivity (Wildman–Crippen MR) is 136 cm³/mol. The maximum absolute atomic E-state index is 12.4. The second-order valence-electron chi connectivity index (χ2n) is 9.20. The standard InChI is InChI=1S/C29H26O5S/c1-31-23-13-29(14-23,32-2)21-5-3-4-18(10-21)15-33-22-6-7-24-20(11-22)12-25-26(16-34-28(25)30)27(24)19-8-9-35-17-19/h3-12,17,23H,13-16H2,1-2H3/t23-,29+. The molecule has 5 nitrogen and oxygen atoms in total. The Morgan fingerprint density at radius 1 is 1.09 bits per heavy atom. The molecule has 0 amide bonds. The van der Waals surface area contributed by atoms with Gasteiger partial charge in [0.2, 0.25) is 0 Å². The summed E-state index contributed by atoms with van der Waals surface area (Å²) in [6.45, 7) is 0.759. The molecular formula is C29H26O5S. The topological polar surface area (TPSA) is 54.0 Å². The van der Waals surface area contributed by atoms with Crippen molar-refractivity contribution in [1.82, 2.24) is 0 Å². The molecule has 1 saturated carbocycles. The van der Waals surface area contributed by atoms with E-state index in [2.05, 4.69) is 47.2 Å². The zero-order chi connectivity index (χ0) is 24.0. The zero-order valence-corrected chi connectivity index (χ0v) is 20.5. The summed E-state index contributed by atoms with van der Waals surface area (Å²) in [6.07, 6.45) is 1.95. The Morgan fingerprint density at radius 2 is 1.97 bits per heavy atom. The van der Waals surface area contributed by atoms with Crippen LogP contribution in [-0.2, 0) is 33.0 Å². The van der Waals surface area contributed by atoms with Crippen LogP contribution in [0.25, 0.3) is 21.9 Å². The first kappa shape index (κ1) is 22.3. The maximum Gasteiger partial charge on any atom is 0.338 e. The first-order valence-electron chi connectivity index (χ1n) is 11.7. The molecule has 1 aliphatic heterocycles. The third kappa shape index (κ3) is 3.82. The van der Waals surface area contributed by atoms with Gasteiger partial charge in [0.1, 0.15) is 19.0 Å². The van der Waals surface area contributed by atoms with E-state index in [1.807, 2.05) is 18.2 Å². The van der Waals surface area contributed by atoms with Gasteiger partial charge in [-0.15, -0.1) is 0 Å². The number of methoxy groups -OCH3 is 2. The second-order valence-corrected chi connectivity index (χ2v) is 9.98. The Labute approximate surface area is 208 Å². The fourth-order valence-electron chi connectivity index (χ4n) is 5.28. The molecular weight excluding hydrogens is 460 g/mol. The van der Waals surface area contributed by atoms with E-state index in [1.165, 1.54) is 0 Å². The van der Waals surface area contributed by atoms with Gasteiger partial charge in [0.25, 0.3) is 0 Å². The van der Waals surface area contributed by atoms with Gasteiger partial charge in [0.05, 0.1) is 17.3 Å². The van der Waals surface area contributed by atoms with Crippen molar-refractivity contribution in [1.29, 1.82) is 0 Å². The third-order valence-electron chi connectivity index (χ3n) is 7.29. The van der Waals surface area contributed by atoms with Gasteiger partial charge in [0, 0.05) is 32.6 Å². The molecule has 35 heavy (non-hydrogen) atoms. The Hall–Kier alpha value is -3.19. The molecule has 6 heteroatoms. The maximum atomic E-state index is 12.4. The van der Waals surface area contributed by atoms with E-state index >= 15 is 0 Å². The van der Waals surface area contributed by atoms with Gasteiger partial charge in [0.15, 0.2) is 0 Å². The molecule has 1 aromatic heterocycles. The summed E-state index contributed by atoms with van der Waals surface area (Å²) < 4.78 is 22.9. The highest BCUT2D eigenvalue weighted by Crippen LogP contribution is 2.46. The summed E-state index contributed by atoms with van der Waals surface area (Å²) in [6, 6.07) is 18.5. The minimum atomic E-state index is -0.285. The Kier molecular flexibility index (Phi) is 5.60. The van der Waals surface area contributed by atoms with E-state index in [0.29, 0.717) is 18.8 Å². The average Bonchev–Trinajstić information content (AvgIpc) is 3.52. The van der Waals surface area contributed by atoms with E-state index in [9.17, 15) is 4.79 Å². The lowest BCUT2D eigenvalue weighted by Crippen LogP contribution is -2.47. The molecule has 1 aliphatic carbocycles. The van der Waals surface area contributed by atoms with Gasteiger partial charge in [-0.25, -0.2) is 4.79 Å². The molecule has 6 rings (SSSR count). The summed E-state index contributed by atoms with van der Waals surface area (Å²) in [5, 5.41) is 6.22. The number of ether oxygens (including phenoxy) is 4. The van der Waals surface area contributed by atoms with Gasteiger partial charge >= 0.3 is 5.97 Å². The minimum absolute atomic E-state index is 0.241. The Morgan fingerprint density at radius 3 is 2.74 bits per heavy atom. The molecule has 4 aromatic rings. The number of hydrogen-bond donors (Lipinski definition) is 0. The largest absolute Gasteiger partial charge is 0.489 e. The van der Waals surface area contributed by atoms with Crippen LogP contribution >= 0.6 is 11.3 Å². The smallest absolute Gasteiger partial charge is 0.338 e. The van der Waals surface area contributed by atoms with Crippen LogP contribution in [0.3, 0.4) is 0 Å². The van der Waals surface area contributed by atoms with Gasteiger partial charge < -0.3 is 18.9 Å². The number of thiophene rings is 1. The van der Waals surface area contributed by atoms with Crippen LogP contribution < -0.4 is 4.74 Å². The van der Waals surface area contributed by atoms with Crippen molar-refractivity contribution in [3.8, 4) is 16.9 Å². The molecule has 0 saturated heterocycles. The second kappa shape index (κ2) is 8.79. The highest BCUT2D eigenvalue weighted by Gasteiger charge is 2.46. The lowest BCUT2D eigenvalue weighted by atomic mass is 9.72. The number of rotatable bonds is 7. The summed E-state index contributed by atoms with van der Waals surface area (Å²) >= 11 is 1.64. The number of fused-ring (bicyclic) bond motifs is 2. The highest BCUT2D eigenvalue weighted by molar-refractivity contribution is 7.08. The lowest BCUT2D eigenvalue weighted by molar-refractivity contribution is -0.154. The van der Waals surface area contributed by atoms with Gasteiger partial charge in [-0.2, -0.15) is 11.3 Å². The Bertz CT molecular complexity index is 1400. The van der Waals surface area contributed by atoms with Crippen LogP contribution in [-0.4, -0.2) is 26.3 Å². The fourth-order valence-corrected chi connectivity index (χ4v) is 5.92.